The number of carbonyl (C=O) groups excluding carboxylic acids is 1. The number of benzene rings is 1. The largest absolute Gasteiger partial charge is 0.457 e. The highest BCUT2D eigenvalue weighted by atomic mass is 32.2. The lowest BCUT2D eigenvalue weighted by molar-refractivity contribution is -0.145. The number of carbonyl (C=O) groups is 1. The molecule has 0 unspecified atom stereocenters. The fraction of sp³-hybridized carbons (Fsp3) is 0.450. The number of hydrogen-bond donors (Lipinski definition) is 0. The minimum atomic E-state index is -3.56. The van der Waals surface area contributed by atoms with Gasteiger partial charge in [-0.05, 0) is 25.1 Å². The second kappa shape index (κ2) is 8.97. The average molecular weight is 435 g/mol. The average Bonchev–Trinajstić information content (AvgIpc) is 3.28. The highest BCUT2D eigenvalue weighted by Crippen LogP contribution is 2.23. The van der Waals surface area contributed by atoms with Crippen molar-refractivity contribution in [3.8, 4) is 0 Å². The van der Waals surface area contributed by atoms with Gasteiger partial charge in [-0.15, -0.1) is 0 Å². The molecule has 2 heterocycles. The summed E-state index contributed by atoms with van der Waals surface area (Å²) in [5, 5.41) is 3.74. The molecule has 30 heavy (non-hydrogen) atoms. The predicted octanol–water partition coefficient (Wildman–Crippen LogP) is 2.58. The SMILES string of the molecule is CCN(CC)S(=O)(=O)c1ccc2c(c1)nc(CCC(=O)OCc1cc(C)no1)n2C. The molecule has 10 heteroatoms. The monoisotopic (exact) mass is 434 g/mol. The molecule has 0 radical (unpaired) electrons. The van der Waals surface area contributed by atoms with Gasteiger partial charge >= 0.3 is 5.97 Å². The Morgan fingerprint density at radius 3 is 2.60 bits per heavy atom. The van der Waals surface area contributed by atoms with E-state index in [2.05, 4.69) is 10.1 Å². The van der Waals surface area contributed by atoms with Crippen LogP contribution in [-0.4, -0.2) is 46.5 Å². The summed E-state index contributed by atoms with van der Waals surface area (Å²) in [7, 11) is -1.72. The molecule has 0 bridgehead atoms. The summed E-state index contributed by atoms with van der Waals surface area (Å²) in [5.41, 5.74) is 2.10. The molecule has 0 N–H and O–H groups in total. The van der Waals surface area contributed by atoms with Crippen molar-refractivity contribution < 1.29 is 22.5 Å². The summed E-state index contributed by atoms with van der Waals surface area (Å²) in [6.45, 7) is 6.25. The fourth-order valence-corrected chi connectivity index (χ4v) is 4.73. The predicted molar refractivity (Wildman–Crippen MR) is 110 cm³/mol. The molecular formula is C20H26N4O5S. The number of rotatable bonds is 9. The second-order valence-corrected chi connectivity index (χ2v) is 8.86. The van der Waals surface area contributed by atoms with Gasteiger partial charge in [0.15, 0.2) is 12.4 Å². The number of esters is 1. The van der Waals surface area contributed by atoms with E-state index in [1.807, 2.05) is 11.6 Å². The van der Waals surface area contributed by atoms with Crippen molar-refractivity contribution in [2.45, 2.75) is 45.1 Å². The van der Waals surface area contributed by atoms with Crippen molar-refractivity contribution >= 4 is 27.0 Å². The maximum atomic E-state index is 12.8. The molecule has 9 nitrogen and oxygen atoms in total. The normalized spacial score (nSPS) is 12.0. The maximum Gasteiger partial charge on any atom is 0.306 e. The van der Waals surface area contributed by atoms with Crippen LogP contribution in [0.3, 0.4) is 0 Å². The van der Waals surface area contributed by atoms with Crippen LogP contribution >= 0.6 is 0 Å². The molecule has 1 aromatic carbocycles. The number of aryl methyl sites for hydroxylation is 3. The van der Waals surface area contributed by atoms with Crippen LogP contribution in [0.5, 0.6) is 0 Å². The Bertz CT molecular complexity index is 1150. The summed E-state index contributed by atoms with van der Waals surface area (Å²) in [6, 6.07) is 6.63. The van der Waals surface area contributed by atoms with E-state index in [-0.39, 0.29) is 23.9 Å². The van der Waals surface area contributed by atoms with E-state index in [4.69, 9.17) is 9.26 Å². The molecular weight excluding hydrogens is 408 g/mol. The smallest absolute Gasteiger partial charge is 0.306 e. The molecule has 0 atom stereocenters. The van der Waals surface area contributed by atoms with Crippen molar-refractivity contribution in [1.29, 1.82) is 0 Å². The number of nitrogens with zero attached hydrogens (tertiary/aromatic N) is 4. The van der Waals surface area contributed by atoms with Crippen molar-refractivity contribution in [2.24, 2.45) is 7.05 Å². The lowest BCUT2D eigenvalue weighted by Crippen LogP contribution is -2.30. The Morgan fingerprint density at radius 1 is 1.23 bits per heavy atom. The molecule has 162 valence electrons. The third-order valence-corrected chi connectivity index (χ3v) is 6.94. The number of sulfonamides is 1. The molecule has 0 aliphatic rings. The number of hydrogen-bond acceptors (Lipinski definition) is 7. The van der Waals surface area contributed by atoms with Gasteiger partial charge in [0.25, 0.3) is 0 Å². The van der Waals surface area contributed by atoms with Crippen LogP contribution in [0.25, 0.3) is 11.0 Å². The third-order valence-electron chi connectivity index (χ3n) is 4.89. The maximum absolute atomic E-state index is 12.8. The Labute approximate surface area is 175 Å². The van der Waals surface area contributed by atoms with Crippen molar-refractivity contribution in [3.05, 3.63) is 41.5 Å². The van der Waals surface area contributed by atoms with Gasteiger partial charge in [0.2, 0.25) is 10.0 Å². The van der Waals surface area contributed by atoms with Gasteiger partial charge in [-0.25, -0.2) is 13.4 Å². The summed E-state index contributed by atoms with van der Waals surface area (Å²) >= 11 is 0. The number of ether oxygens (including phenoxy) is 1. The van der Waals surface area contributed by atoms with Crippen LogP contribution in [0.2, 0.25) is 0 Å². The standard InChI is InChI=1S/C20H26N4O5S/c1-5-24(6-2)30(26,27)16-7-8-18-17(12-16)21-19(23(18)4)9-10-20(25)28-13-15-11-14(3)22-29-15/h7-8,11-12H,5-6,9-10,13H2,1-4H3. The summed E-state index contributed by atoms with van der Waals surface area (Å²) < 4.78 is 39.0. The zero-order chi connectivity index (χ0) is 21.9. The van der Waals surface area contributed by atoms with E-state index in [1.165, 1.54) is 4.31 Å². The molecule has 0 spiro atoms. The Balaban J connectivity index is 1.71. The molecule has 0 saturated heterocycles. The highest BCUT2D eigenvalue weighted by molar-refractivity contribution is 7.89. The minimum Gasteiger partial charge on any atom is -0.457 e. The molecule has 0 amide bonds. The highest BCUT2D eigenvalue weighted by Gasteiger charge is 2.23. The van der Waals surface area contributed by atoms with Crippen molar-refractivity contribution in [3.63, 3.8) is 0 Å². The first-order chi connectivity index (χ1) is 14.3. The zero-order valence-electron chi connectivity index (χ0n) is 17.6. The zero-order valence-corrected chi connectivity index (χ0v) is 18.4. The summed E-state index contributed by atoms with van der Waals surface area (Å²) in [5.74, 6) is 0.793. The topological polar surface area (TPSA) is 108 Å². The van der Waals surface area contributed by atoms with Gasteiger partial charge in [-0.1, -0.05) is 19.0 Å². The van der Waals surface area contributed by atoms with Crippen LogP contribution in [0.4, 0.5) is 0 Å². The summed E-state index contributed by atoms with van der Waals surface area (Å²) in [6.07, 6.45) is 0.520. The van der Waals surface area contributed by atoms with Crippen LogP contribution in [0.1, 0.15) is 37.5 Å². The van der Waals surface area contributed by atoms with E-state index < -0.39 is 10.0 Å². The van der Waals surface area contributed by atoms with E-state index in [0.29, 0.717) is 36.6 Å². The second-order valence-electron chi connectivity index (χ2n) is 6.92. The lowest BCUT2D eigenvalue weighted by Gasteiger charge is -2.18. The Kier molecular flexibility index (Phi) is 6.57. The van der Waals surface area contributed by atoms with Gasteiger partial charge < -0.3 is 13.8 Å². The molecule has 3 rings (SSSR count). The molecule has 0 fully saturated rings. The summed E-state index contributed by atoms with van der Waals surface area (Å²) in [4.78, 5) is 16.8. The minimum absolute atomic E-state index is 0.0365. The van der Waals surface area contributed by atoms with E-state index in [9.17, 15) is 13.2 Å². The van der Waals surface area contributed by atoms with Crippen LogP contribution < -0.4 is 0 Å². The third kappa shape index (κ3) is 4.54. The van der Waals surface area contributed by atoms with Gasteiger partial charge in [0.1, 0.15) is 5.82 Å². The van der Waals surface area contributed by atoms with Crippen LogP contribution in [-0.2, 0) is 39.6 Å². The molecule has 2 aromatic heterocycles. The van der Waals surface area contributed by atoms with E-state index >= 15 is 0 Å². The Morgan fingerprint density at radius 2 is 1.97 bits per heavy atom. The number of aromatic nitrogens is 3. The first-order valence-corrected chi connectivity index (χ1v) is 11.2. The number of imidazole rings is 1. The van der Waals surface area contributed by atoms with Crippen LogP contribution in [0, 0.1) is 6.92 Å². The molecule has 0 aliphatic heterocycles. The number of fused-ring (bicyclic) bond motifs is 1. The molecule has 3 aromatic rings. The fourth-order valence-electron chi connectivity index (χ4n) is 3.25. The van der Waals surface area contributed by atoms with Gasteiger partial charge in [0.05, 0.1) is 28.0 Å². The van der Waals surface area contributed by atoms with Gasteiger partial charge in [-0.3, -0.25) is 4.79 Å². The first kappa shape index (κ1) is 22.0. The van der Waals surface area contributed by atoms with Gasteiger partial charge in [-0.2, -0.15) is 4.31 Å². The van der Waals surface area contributed by atoms with Gasteiger partial charge in [0, 0.05) is 32.6 Å². The molecule has 0 aliphatic carbocycles. The quantitative estimate of drug-likeness (QED) is 0.476. The van der Waals surface area contributed by atoms with Crippen molar-refractivity contribution in [2.75, 3.05) is 13.1 Å². The van der Waals surface area contributed by atoms with Crippen molar-refractivity contribution in [1.82, 2.24) is 19.0 Å². The Hall–Kier alpha value is -2.72. The molecule has 0 saturated carbocycles. The lowest BCUT2D eigenvalue weighted by atomic mass is 10.3. The van der Waals surface area contributed by atoms with Crippen LogP contribution in [0.15, 0.2) is 33.7 Å². The van der Waals surface area contributed by atoms with E-state index in [1.54, 1.807) is 45.0 Å². The van der Waals surface area contributed by atoms with E-state index in [0.717, 1.165) is 11.2 Å². The first-order valence-electron chi connectivity index (χ1n) is 9.79.